The molecule has 0 radical (unpaired) electrons. The molecule has 11 heteroatoms. The third-order valence-corrected chi connectivity index (χ3v) is 10.5. The standard InChI is InChI=1S/C22H25N5O.C19H24N4O/c1-5-24-22-25-21-18(23)11-17(20-13(2)26-28-15(20)4)12-19(21)27(22)14(3)16-9-7-6-8-10-16;1-11-18(12(2)24-22-11)15-8-16(20)19-17(9-15)23(13(3)21-19)10-14-6-4-5-7-14/h6-12,14H,5,23H2,1-4H3,(H,24,25);8-9,14H,4-7,10,20H2,1-3H3. The molecule has 0 saturated heterocycles. The average molecular weight is 700 g/mol. The number of aromatic nitrogens is 6. The van der Waals surface area contributed by atoms with Crippen LogP contribution in [0, 0.1) is 40.5 Å². The summed E-state index contributed by atoms with van der Waals surface area (Å²) in [7, 11) is 0. The van der Waals surface area contributed by atoms with Crippen LogP contribution in [0.1, 0.15) is 79.9 Å². The van der Waals surface area contributed by atoms with Gasteiger partial charge in [-0.25, -0.2) is 9.97 Å². The number of nitrogen functional groups attached to an aromatic ring is 2. The summed E-state index contributed by atoms with van der Waals surface area (Å²) in [5, 5.41) is 11.6. The maximum Gasteiger partial charge on any atom is 0.204 e. The first-order chi connectivity index (χ1) is 25.0. The Kier molecular flexibility index (Phi) is 9.52. The highest BCUT2D eigenvalue weighted by Gasteiger charge is 2.23. The maximum atomic E-state index is 6.43. The zero-order valence-corrected chi connectivity index (χ0v) is 31.2. The predicted molar refractivity (Wildman–Crippen MR) is 209 cm³/mol. The van der Waals surface area contributed by atoms with E-state index >= 15 is 0 Å². The van der Waals surface area contributed by atoms with E-state index in [1.807, 2.05) is 45.9 Å². The van der Waals surface area contributed by atoms with Gasteiger partial charge in [-0.1, -0.05) is 53.5 Å². The Hall–Kier alpha value is -5.58. The van der Waals surface area contributed by atoms with Gasteiger partial charge in [0.1, 0.15) is 28.4 Å². The van der Waals surface area contributed by atoms with Crippen molar-refractivity contribution in [3.8, 4) is 22.3 Å². The summed E-state index contributed by atoms with van der Waals surface area (Å²) in [5.41, 5.74) is 25.0. The van der Waals surface area contributed by atoms with Gasteiger partial charge in [-0.2, -0.15) is 0 Å². The number of nitrogens with two attached hydrogens (primary N) is 2. The second-order valence-electron chi connectivity index (χ2n) is 14.1. The van der Waals surface area contributed by atoms with Crippen LogP contribution in [0.25, 0.3) is 44.3 Å². The van der Waals surface area contributed by atoms with Crippen LogP contribution in [-0.2, 0) is 6.54 Å². The van der Waals surface area contributed by atoms with E-state index in [0.29, 0.717) is 5.69 Å². The van der Waals surface area contributed by atoms with E-state index in [1.54, 1.807) is 0 Å². The van der Waals surface area contributed by atoms with Gasteiger partial charge in [0.25, 0.3) is 0 Å². The Balaban J connectivity index is 0.000000164. The van der Waals surface area contributed by atoms with Crippen LogP contribution < -0.4 is 16.8 Å². The number of hydrogen-bond acceptors (Lipinski definition) is 9. The highest BCUT2D eigenvalue weighted by atomic mass is 16.5. The Bertz CT molecular complexity index is 2320. The molecule has 5 N–H and O–H groups in total. The summed E-state index contributed by atoms with van der Waals surface area (Å²) in [6.45, 7) is 15.9. The van der Waals surface area contributed by atoms with Gasteiger partial charge >= 0.3 is 0 Å². The van der Waals surface area contributed by atoms with Crippen molar-refractivity contribution in [2.45, 2.75) is 86.7 Å². The van der Waals surface area contributed by atoms with Crippen LogP contribution >= 0.6 is 0 Å². The molecular formula is C41H49N9O2. The van der Waals surface area contributed by atoms with Crippen LogP contribution in [-0.4, -0.2) is 36.0 Å². The number of benzene rings is 3. The first kappa shape index (κ1) is 34.9. The topological polar surface area (TPSA) is 152 Å². The summed E-state index contributed by atoms with van der Waals surface area (Å²) in [4.78, 5) is 9.52. The number of nitrogens with zero attached hydrogens (tertiary/aromatic N) is 6. The van der Waals surface area contributed by atoms with Gasteiger partial charge in [-0.05, 0) is 108 Å². The molecule has 1 unspecified atom stereocenters. The lowest BCUT2D eigenvalue weighted by atomic mass is 10.0. The van der Waals surface area contributed by atoms with Gasteiger partial charge in [0, 0.05) is 24.2 Å². The molecule has 4 heterocycles. The van der Waals surface area contributed by atoms with E-state index in [0.717, 1.165) is 104 Å². The number of anilines is 3. The minimum absolute atomic E-state index is 0.0968. The van der Waals surface area contributed by atoms with E-state index in [1.165, 1.54) is 31.2 Å². The molecule has 4 aromatic heterocycles. The molecule has 0 amide bonds. The molecule has 1 saturated carbocycles. The molecule has 0 bridgehead atoms. The van der Waals surface area contributed by atoms with Crippen LogP contribution in [0.4, 0.5) is 17.3 Å². The Morgan fingerprint density at radius 3 is 1.88 bits per heavy atom. The molecule has 52 heavy (non-hydrogen) atoms. The van der Waals surface area contributed by atoms with E-state index in [-0.39, 0.29) is 6.04 Å². The molecule has 8 rings (SSSR count). The van der Waals surface area contributed by atoms with Crippen molar-refractivity contribution >= 4 is 39.4 Å². The number of hydrogen-bond donors (Lipinski definition) is 3. The second kappa shape index (κ2) is 14.2. The number of imidazole rings is 2. The lowest BCUT2D eigenvalue weighted by Gasteiger charge is -2.18. The van der Waals surface area contributed by atoms with Gasteiger partial charge in [0.05, 0.1) is 39.8 Å². The second-order valence-corrected chi connectivity index (χ2v) is 14.1. The zero-order valence-electron chi connectivity index (χ0n) is 31.2. The molecule has 7 aromatic rings. The van der Waals surface area contributed by atoms with Crippen molar-refractivity contribution in [1.29, 1.82) is 0 Å². The number of nitrogens with one attached hydrogen (secondary N) is 1. The first-order valence-corrected chi connectivity index (χ1v) is 18.3. The SMILES string of the molecule is CCNc1nc2c(N)cc(-c3c(C)noc3C)cc2n1C(C)c1ccccc1.Cc1noc(C)c1-c1cc(N)c2nc(C)n(CC3CCCC3)c2c1. The molecule has 1 fully saturated rings. The quantitative estimate of drug-likeness (QED) is 0.132. The van der Waals surface area contributed by atoms with Gasteiger partial charge in [-0.3, -0.25) is 0 Å². The lowest BCUT2D eigenvalue weighted by molar-refractivity contribution is 0.393. The molecule has 0 spiro atoms. The molecule has 11 nitrogen and oxygen atoms in total. The third kappa shape index (κ3) is 6.40. The number of rotatable bonds is 8. The first-order valence-electron chi connectivity index (χ1n) is 18.3. The van der Waals surface area contributed by atoms with Gasteiger partial charge in [0.2, 0.25) is 5.95 Å². The monoisotopic (exact) mass is 699 g/mol. The van der Waals surface area contributed by atoms with E-state index in [4.69, 9.17) is 30.5 Å². The predicted octanol–water partition coefficient (Wildman–Crippen LogP) is 9.32. The van der Waals surface area contributed by atoms with Gasteiger partial charge < -0.3 is 35.0 Å². The highest BCUT2D eigenvalue weighted by molar-refractivity contribution is 5.95. The van der Waals surface area contributed by atoms with Crippen LogP contribution in [0.3, 0.4) is 0 Å². The highest BCUT2D eigenvalue weighted by Crippen LogP contribution is 2.38. The fraction of sp³-hybridized carbons (Fsp3) is 0.366. The van der Waals surface area contributed by atoms with Crippen LogP contribution in [0.5, 0.6) is 0 Å². The normalized spacial score (nSPS) is 13.9. The summed E-state index contributed by atoms with van der Waals surface area (Å²) in [6.07, 6.45) is 5.34. The maximum absolute atomic E-state index is 6.43. The van der Waals surface area contributed by atoms with E-state index in [2.05, 4.69) is 81.9 Å². The third-order valence-electron chi connectivity index (χ3n) is 10.5. The molecule has 0 aliphatic heterocycles. The number of fused-ring (bicyclic) bond motifs is 2. The minimum Gasteiger partial charge on any atom is -0.397 e. The lowest BCUT2D eigenvalue weighted by Crippen LogP contribution is -2.12. The largest absolute Gasteiger partial charge is 0.397 e. The molecule has 3 aromatic carbocycles. The zero-order chi connectivity index (χ0) is 36.7. The van der Waals surface area contributed by atoms with Crippen LogP contribution in [0.15, 0.2) is 63.6 Å². The van der Waals surface area contributed by atoms with Crippen molar-refractivity contribution in [2.24, 2.45) is 5.92 Å². The van der Waals surface area contributed by atoms with Crippen LogP contribution in [0.2, 0.25) is 0 Å². The molecule has 1 atom stereocenters. The molecule has 1 aliphatic rings. The summed E-state index contributed by atoms with van der Waals surface area (Å²) >= 11 is 0. The Labute approximate surface area is 304 Å². The van der Waals surface area contributed by atoms with Gasteiger partial charge in [0.15, 0.2) is 0 Å². The molecular weight excluding hydrogens is 651 g/mol. The van der Waals surface area contributed by atoms with Crippen molar-refractivity contribution < 1.29 is 9.05 Å². The molecule has 1 aliphatic carbocycles. The van der Waals surface area contributed by atoms with Crippen molar-refractivity contribution in [1.82, 2.24) is 29.4 Å². The smallest absolute Gasteiger partial charge is 0.204 e. The van der Waals surface area contributed by atoms with E-state index in [9.17, 15) is 0 Å². The fourth-order valence-electron chi connectivity index (χ4n) is 7.90. The minimum atomic E-state index is 0.0968. The summed E-state index contributed by atoms with van der Waals surface area (Å²) in [5.74, 6) is 4.22. The van der Waals surface area contributed by atoms with Crippen molar-refractivity contribution in [3.63, 3.8) is 0 Å². The summed E-state index contributed by atoms with van der Waals surface area (Å²) < 4.78 is 15.2. The Morgan fingerprint density at radius 2 is 1.35 bits per heavy atom. The molecule has 270 valence electrons. The Morgan fingerprint density at radius 1 is 0.788 bits per heavy atom. The van der Waals surface area contributed by atoms with Gasteiger partial charge in [-0.15, -0.1) is 0 Å². The van der Waals surface area contributed by atoms with Crippen molar-refractivity contribution in [2.75, 3.05) is 23.3 Å². The summed E-state index contributed by atoms with van der Waals surface area (Å²) in [6, 6.07) is 18.8. The van der Waals surface area contributed by atoms with Crippen molar-refractivity contribution in [3.05, 3.63) is 88.9 Å². The van der Waals surface area contributed by atoms with E-state index < -0.39 is 0 Å². The number of aryl methyl sites for hydroxylation is 5. The fourth-order valence-corrected chi connectivity index (χ4v) is 7.90. The average Bonchev–Trinajstić information content (AvgIpc) is 3.96.